The Labute approximate surface area is 118 Å². The summed E-state index contributed by atoms with van der Waals surface area (Å²) in [7, 11) is 0. The van der Waals surface area contributed by atoms with Crippen LogP contribution in [-0.2, 0) is 0 Å². The van der Waals surface area contributed by atoms with Gasteiger partial charge >= 0.3 is 5.97 Å². The lowest BCUT2D eigenvalue weighted by Gasteiger charge is -2.28. The molecule has 0 saturated heterocycles. The van der Waals surface area contributed by atoms with Gasteiger partial charge in [-0.3, -0.25) is 4.79 Å². The van der Waals surface area contributed by atoms with Crippen LogP contribution in [0.1, 0.15) is 46.4 Å². The molecule has 106 valence electrons. The van der Waals surface area contributed by atoms with E-state index in [1.54, 1.807) is 23.1 Å². The molecule has 0 bridgehead atoms. The van der Waals surface area contributed by atoms with Gasteiger partial charge in [0, 0.05) is 18.2 Å². The molecule has 1 aromatic rings. The number of benzene rings is 1. The first-order valence-corrected chi connectivity index (χ1v) is 6.88. The molecule has 1 aliphatic carbocycles. The van der Waals surface area contributed by atoms with Crippen molar-refractivity contribution >= 4 is 11.9 Å². The zero-order valence-electron chi connectivity index (χ0n) is 11.4. The van der Waals surface area contributed by atoms with Crippen molar-refractivity contribution in [3.63, 3.8) is 0 Å². The van der Waals surface area contributed by atoms with E-state index in [0.29, 0.717) is 12.1 Å². The maximum absolute atomic E-state index is 12.6. The van der Waals surface area contributed by atoms with Gasteiger partial charge < -0.3 is 10.0 Å². The smallest absolute Gasteiger partial charge is 0.335 e. The van der Waals surface area contributed by atoms with Gasteiger partial charge in [-0.15, -0.1) is 6.58 Å². The Morgan fingerprint density at radius 3 is 2.55 bits per heavy atom. The largest absolute Gasteiger partial charge is 0.478 e. The van der Waals surface area contributed by atoms with Gasteiger partial charge in [-0.1, -0.05) is 25.0 Å². The van der Waals surface area contributed by atoms with E-state index >= 15 is 0 Å². The Hall–Kier alpha value is -2.10. The van der Waals surface area contributed by atoms with Gasteiger partial charge in [-0.2, -0.15) is 0 Å². The highest BCUT2D eigenvalue weighted by Crippen LogP contribution is 2.25. The second kappa shape index (κ2) is 6.37. The SMILES string of the molecule is C=CCN(C(=O)c1cccc(C(=O)O)c1)C1CCCC1. The van der Waals surface area contributed by atoms with Crippen molar-refractivity contribution in [2.45, 2.75) is 31.7 Å². The highest BCUT2D eigenvalue weighted by atomic mass is 16.4. The predicted molar refractivity (Wildman–Crippen MR) is 76.9 cm³/mol. The fraction of sp³-hybridized carbons (Fsp3) is 0.375. The normalized spacial score (nSPS) is 15.0. The Balaban J connectivity index is 2.24. The second-order valence-electron chi connectivity index (χ2n) is 5.07. The lowest BCUT2D eigenvalue weighted by molar-refractivity contribution is 0.0697. The summed E-state index contributed by atoms with van der Waals surface area (Å²) in [6.45, 7) is 4.21. The first kappa shape index (κ1) is 14.3. The molecule has 0 radical (unpaired) electrons. The van der Waals surface area contributed by atoms with Crippen LogP contribution in [0.4, 0.5) is 0 Å². The number of amides is 1. The molecule has 0 unspecified atom stereocenters. The molecule has 0 spiro atoms. The third-order valence-electron chi connectivity index (χ3n) is 3.71. The number of hydrogen-bond acceptors (Lipinski definition) is 2. The summed E-state index contributed by atoms with van der Waals surface area (Å²) >= 11 is 0. The molecule has 1 saturated carbocycles. The molecule has 0 aliphatic heterocycles. The number of aromatic carboxylic acids is 1. The van der Waals surface area contributed by atoms with Gasteiger partial charge in [0.25, 0.3) is 5.91 Å². The highest BCUT2D eigenvalue weighted by molar-refractivity contribution is 5.97. The van der Waals surface area contributed by atoms with Gasteiger partial charge in [-0.05, 0) is 31.0 Å². The third-order valence-corrected chi connectivity index (χ3v) is 3.71. The molecule has 1 aliphatic rings. The summed E-state index contributed by atoms with van der Waals surface area (Å²) < 4.78 is 0. The van der Waals surface area contributed by atoms with E-state index in [9.17, 15) is 9.59 Å². The van der Waals surface area contributed by atoms with Crippen molar-refractivity contribution in [2.24, 2.45) is 0 Å². The van der Waals surface area contributed by atoms with Crippen molar-refractivity contribution in [3.05, 3.63) is 48.0 Å². The fourth-order valence-corrected chi connectivity index (χ4v) is 2.70. The number of nitrogens with zero attached hydrogens (tertiary/aromatic N) is 1. The number of rotatable bonds is 5. The van der Waals surface area contributed by atoms with Crippen molar-refractivity contribution in [3.8, 4) is 0 Å². The first-order chi connectivity index (χ1) is 9.63. The molecule has 0 heterocycles. The Morgan fingerprint density at radius 1 is 1.30 bits per heavy atom. The van der Waals surface area contributed by atoms with E-state index in [4.69, 9.17) is 5.11 Å². The molecule has 1 amide bonds. The lowest BCUT2D eigenvalue weighted by Crippen LogP contribution is -2.39. The van der Waals surface area contributed by atoms with Gasteiger partial charge in [0.05, 0.1) is 5.56 Å². The highest BCUT2D eigenvalue weighted by Gasteiger charge is 2.26. The van der Waals surface area contributed by atoms with E-state index in [2.05, 4.69) is 6.58 Å². The van der Waals surface area contributed by atoms with E-state index < -0.39 is 5.97 Å². The van der Waals surface area contributed by atoms with Crippen LogP contribution in [0.3, 0.4) is 0 Å². The Kier molecular flexibility index (Phi) is 4.56. The second-order valence-corrected chi connectivity index (χ2v) is 5.07. The molecular weight excluding hydrogens is 254 g/mol. The number of carbonyl (C=O) groups excluding carboxylic acids is 1. The minimum atomic E-state index is -1.02. The zero-order chi connectivity index (χ0) is 14.5. The fourth-order valence-electron chi connectivity index (χ4n) is 2.70. The molecule has 1 aromatic carbocycles. The van der Waals surface area contributed by atoms with Crippen LogP contribution in [0.15, 0.2) is 36.9 Å². The third kappa shape index (κ3) is 3.07. The van der Waals surface area contributed by atoms with Crippen LogP contribution in [-0.4, -0.2) is 34.5 Å². The molecule has 1 N–H and O–H groups in total. The van der Waals surface area contributed by atoms with Gasteiger partial charge in [0.15, 0.2) is 0 Å². The van der Waals surface area contributed by atoms with Crippen LogP contribution < -0.4 is 0 Å². The molecular formula is C16H19NO3. The van der Waals surface area contributed by atoms with Crippen molar-refractivity contribution in [1.82, 2.24) is 4.90 Å². The molecule has 20 heavy (non-hydrogen) atoms. The maximum Gasteiger partial charge on any atom is 0.335 e. The van der Waals surface area contributed by atoms with E-state index in [1.807, 2.05) is 0 Å². The number of carbonyl (C=O) groups is 2. The number of hydrogen-bond donors (Lipinski definition) is 1. The summed E-state index contributed by atoms with van der Waals surface area (Å²) in [5, 5.41) is 9.00. The molecule has 0 aromatic heterocycles. The number of carboxylic acid groups (broad SMARTS) is 1. The summed E-state index contributed by atoms with van der Waals surface area (Å²) in [4.78, 5) is 25.4. The van der Waals surface area contributed by atoms with Crippen molar-refractivity contribution in [1.29, 1.82) is 0 Å². The average molecular weight is 273 g/mol. The summed E-state index contributed by atoms with van der Waals surface area (Å²) in [6.07, 6.45) is 6.02. The predicted octanol–water partition coefficient (Wildman–Crippen LogP) is 2.96. The van der Waals surface area contributed by atoms with Gasteiger partial charge in [0.2, 0.25) is 0 Å². The molecule has 2 rings (SSSR count). The summed E-state index contributed by atoms with van der Waals surface area (Å²) in [5.41, 5.74) is 0.569. The van der Waals surface area contributed by atoms with Crippen LogP contribution in [0.5, 0.6) is 0 Å². The number of carboxylic acids is 1. The van der Waals surface area contributed by atoms with Gasteiger partial charge in [0.1, 0.15) is 0 Å². The van der Waals surface area contributed by atoms with Gasteiger partial charge in [-0.25, -0.2) is 4.79 Å². The molecule has 0 atom stereocenters. The zero-order valence-corrected chi connectivity index (χ0v) is 11.4. The summed E-state index contributed by atoms with van der Waals surface area (Å²) in [6, 6.07) is 6.45. The maximum atomic E-state index is 12.6. The standard InChI is InChI=1S/C16H19NO3/c1-2-10-17(14-8-3-4-9-14)15(18)12-6-5-7-13(11-12)16(19)20/h2,5-7,11,14H,1,3-4,8-10H2,(H,19,20). The van der Waals surface area contributed by atoms with Crippen molar-refractivity contribution < 1.29 is 14.7 Å². The lowest BCUT2D eigenvalue weighted by atomic mass is 10.1. The summed E-state index contributed by atoms with van der Waals surface area (Å²) in [5.74, 6) is -1.13. The topological polar surface area (TPSA) is 57.6 Å². The molecule has 1 fully saturated rings. The van der Waals surface area contributed by atoms with E-state index in [-0.39, 0.29) is 17.5 Å². The molecule has 4 nitrogen and oxygen atoms in total. The minimum Gasteiger partial charge on any atom is -0.478 e. The minimum absolute atomic E-state index is 0.111. The quantitative estimate of drug-likeness (QED) is 0.839. The molecule has 4 heteroatoms. The van der Waals surface area contributed by atoms with Crippen LogP contribution >= 0.6 is 0 Å². The van der Waals surface area contributed by atoms with Crippen LogP contribution in [0.25, 0.3) is 0 Å². The average Bonchev–Trinajstić information content (AvgIpc) is 2.98. The van der Waals surface area contributed by atoms with E-state index in [1.165, 1.54) is 12.1 Å². The Morgan fingerprint density at radius 2 is 1.95 bits per heavy atom. The monoisotopic (exact) mass is 273 g/mol. The van der Waals surface area contributed by atoms with Crippen LogP contribution in [0.2, 0.25) is 0 Å². The van der Waals surface area contributed by atoms with E-state index in [0.717, 1.165) is 25.7 Å². The van der Waals surface area contributed by atoms with Crippen LogP contribution in [0, 0.1) is 0 Å². The Bertz CT molecular complexity index is 518. The first-order valence-electron chi connectivity index (χ1n) is 6.88. The van der Waals surface area contributed by atoms with Crippen molar-refractivity contribution in [2.75, 3.05) is 6.54 Å².